The summed E-state index contributed by atoms with van der Waals surface area (Å²) in [6.45, 7) is 0.401. The predicted octanol–water partition coefficient (Wildman–Crippen LogP) is 5.90. The second-order valence-electron chi connectivity index (χ2n) is 9.08. The molecular weight excluding hydrogens is 564 g/mol. The first-order chi connectivity index (χ1) is 18.1. The fourth-order valence-electron chi connectivity index (χ4n) is 4.55. The van der Waals surface area contributed by atoms with Gasteiger partial charge in [0, 0.05) is 58.7 Å². The number of halogens is 5. The van der Waals surface area contributed by atoms with Crippen molar-refractivity contribution in [1.29, 1.82) is 0 Å². The molecule has 5 rings (SSSR count). The molecule has 1 aromatic carbocycles. The van der Waals surface area contributed by atoms with Gasteiger partial charge in [0.15, 0.2) is 6.10 Å². The molecule has 0 saturated carbocycles. The van der Waals surface area contributed by atoms with E-state index < -0.39 is 35.9 Å². The van der Waals surface area contributed by atoms with Gasteiger partial charge >= 0.3 is 6.18 Å². The lowest BCUT2D eigenvalue weighted by Gasteiger charge is -2.31. The van der Waals surface area contributed by atoms with Crippen molar-refractivity contribution >= 4 is 46.2 Å². The third-order valence-corrected chi connectivity index (χ3v) is 8.29. The number of hydrogen-bond acceptors (Lipinski definition) is 6. The molecule has 7 nitrogen and oxygen atoms in total. The molecule has 2 aromatic heterocycles. The van der Waals surface area contributed by atoms with Crippen LogP contribution < -0.4 is 5.56 Å². The van der Waals surface area contributed by atoms with E-state index in [0.29, 0.717) is 65.9 Å². The van der Waals surface area contributed by atoms with Crippen molar-refractivity contribution in [3.8, 4) is 0 Å². The number of oxime groups is 1. The van der Waals surface area contributed by atoms with Crippen LogP contribution in [0, 0.1) is 0 Å². The maximum absolute atomic E-state index is 13.0. The molecule has 4 heterocycles. The number of amides is 1. The van der Waals surface area contributed by atoms with E-state index in [9.17, 15) is 22.8 Å². The average molecular weight is 585 g/mol. The smallest absolute Gasteiger partial charge is 0.387 e. The zero-order valence-electron chi connectivity index (χ0n) is 19.8. The largest absolute Gasteiger partial charge is 0.417 e. The Morgan fingerprint density at radius 3 is 2.53 bits per heavy atom. The van der Waals surface area contributed by atoms with Gasteiger partial charge < -0.3 is 14.3 Å². The Hall–Kier alpha value is -2.89. The Kier molecular flexibility index (Phi) is 7.52. The highest BCUT2D eigenvalue weighted by Crippen LogP contribution is 2.39. The van der Waals surface area contributed by atoms with E-state index in [0.717, 1.165) is 21.3 Å². The van der Waals surface area contributed by atoms with Gasteiger partial charge in [-0.1, -0.05) is 34.4 Å². The minimum atomic E-state index is -4.60. The quantitative estimate of drug-likeness (QED) is 0.374. The van der Waals surface area contributed by atoms with E-state index in [-0.39, 0.29) is 5.92 Å². The number of aromatic nitrogens is 2. The molecule has 1 atom stereocenters. The molecule has 1 unspecified atom stereocenters. The highest BCUT2D eigenvalue weighted by atomic mass is 35.5. The van der Waals surface area contributed by atoms with Gasteiger partial charge in [0.1, 0.15) is 12.3 Å². The molecule has 2 aliphatic heterocycles. The van der Waals surface area contributed by atoms with E-state index >= 15 is 0 Å². The summed E-state index contributed by atoms with van der Waals surface area (Å²) in [5, 5.41) is 8.06. The molecule has 0 N–H and O–H groups in total. The highest BCUT2D eigenvalue weighted by Gasteiger charge is 2.32. The van der Waals surface area contributed by atoms with Crippen molar-refractivity contribution in [1.82, 2.24) is 14.5 Å². The van der Waals surface area contributed by atoms with E-state index in [1.807, 2.05) is 5.38 Å². The lowest BCUT2D eigenvalue weighted by atomic mass is 9.97. The normalized spacial score (nSPS) is 18.4. The Labute approximate surface area is 229 Å². The molecule has 0 spiro atoms. The topological polar surface area (TPSA) is 76.8 Å². The summed E-state index contributed by atoms with van der Waals surface area (Å²) in [5.74, 6) is -0.266. The number of rotatable bonds is 5. The zero-order valence-corrected chi connectivity index (χ0v) is 22.1. The second kappa shape index (κ2) is 10.7. The first-order valence-corrected chi connectivity index (χ1v) is 13.4. The third-order valence-electron chi connectivity index (χ3n) is 6.62. The standard InChI is InChI=1S/C25H21Cl2F3N4O3S/c26-16-2-1-3-17(27)23(16)20-10-18(32-37-20)19-13-38-24(31-19)14-6-8-33(9-7-14)22(36)12-34-11-15(25(28,29)30)4-5-21(34)35/h1-5,11,13-14,20H,6-10,12H2. The van der Waals surface area contributed by atoms with Crippen LogP contribution in [-0.2, 0) is 22.4 Å². The SMILES string of the molecule is O=C(Cn1cc(C(F)(F)F)ccc1=O)N1CCC(c2nc(C3=NOC(c4c(Cl)cccc4Cl)C3)cs2)CC1. The molecule has 1 amide bonds. The number of thiazole rings is 1. The summed E-state index contributed by atoms with van der Waals surface area (Å²) < 4.78 is 39.8. The van der Waals surface area contributed by atoms with Crippen LogP contribution in [0.15, 0.2) is 51.9 Å². The van der Waals surface area contributed by atoms with Crippen molar-refractivity contribution < 1.29 is 22.8 Å². The molecule has 200 valence electrons. The van der Waals surface area contributed by atoms with Crippen LogP contribution >= 0.6 is 34.5 Å². The molecular formula is C25H21Cl2F3N4O3S. The number of likely N-dealkylation sites (tertiary alicyclic amines) is 1. The van der Waals surface area contributed by atoms with Gasteiger partial charge in [-0.3, -0.25) is 9.59 Å². The highest BCUT2D eigenvalue weighted by molar-refractivity contribution is 7.10. The van der Waals surface area contributed by atoms with Gasteiger partial charge in [-0.05, 0) is 31.0 Å². The number of piperidine rings is 1. The average Bonchev–Trinajstić information content (AvgIpc) is 3.55. The number of benzene rings is 1. The van der Waals surface area contributed by atoms with Crippen molar-refractivity contribution in [3.05, 3.63) is 84.1 Å². The predicted molar refractivity (Wildman–Crippen MR) is 138 cm³/mol. The molecule has 1 fully saturated rings. The van der Waals surface area contributed by atoms with Crippen molar-refractivity contribution in [2.75, 3.05) is 13.1 Å². The van der Waals surface area contributed by atoms with E-state index in [1.165, 1.54) is 11.3 Å². The van der Waals surface area contributed by atoms with Crippen LogP contribution in [0.3, 0.4) is 0 Å². The van der Waals surface area contributed by atoms with E-state index in [1.54, 1.807) is 23.1 Å². The third kappa shape index (κ3) is 5.60. The molecule has 0 aliphatic carbocycles. The minimum absolute atomic E-state index is 0.130. The Morgan fingerprint density at radius 1 is 1.13 bits per heavy atom. The van der Waals surface area contributed by atoms with Crippen molar-refractivity contribution in [3.63, 3.8) is 0 Å². The number of carbonyl (C=O) groups is 1. The maximum atomic E-state index is 13.0. The van der Waals surface area contributed by atoms with Crippen LogP contribution in [0.5, 0.6) is 0 Å². The van der Waals surface area contributed by atoms with Crippen LogP contribution in [-0.4, -0.2) is 39.2 Å². The zero-order chi connectivity index (χ0) is 27.0. The second-order valence-corrected chi connectivity index (χ2v) is 10.8. The molecule has 1 saturated heterocycles. The molecule has 38 heavy (non-hydrogen) atoms. The summed E-state index contributed by atoms with van der Waals surface area (Å²) in [4.78, 5) is 36.6. The number of pyridine rings is 1. The summed E-state index contributed by atoms with van der Waals surface area (Å²) in [6.07, 6.45) is -2.52. The van der Waals surface area contributed by atoms with Crippen LogP contribution in [0.4, 0.5) is 13.2 Å². The number of carbonyl (C=O) groups excluding carboxylic acids is 1. The lowest BCUT2D eigenvalue weighted by Crippen LogP contribution is -2.41. The number of alkyl halides is 3. The molecule has 0 bridgehead atoms. The summed E-state index contributed by atoms with van der Waals surface area (Å²) in [5.41, 5.74) is 0.483. The minimum Gasteiger partial charge on any atom is -0.387 e. The lowest BCUT2D eigenvalue weighted by molar-refractivity contribution is -0.139. The molecule has 13 heteroatoms. The summed E-state index contributed by atoms with van der Waals surface area (Å²) in [7, 11) is 0. The van der Waals surface area contributed by atoms with Gasteiger partial charge in [0.05, 0.1) is 16.3 Å². The Bertz CT molecular complexity index is 1430. The maximum Gasteiger partial charge on any atom is 0.417 e. The van der Waals surface area contributed by atoms with Crippen LogP contribution in [0.2, 0.25) is 10.0 Å². The van der Waals surface area contributed by atoms with E-state index in [4.69, 9.17) is 33.0 Å². The number of hydrogen-bond donors (Lipinski definition) is 0. The van der Waals surface area contributed by atoms with Gasteiger partial charge in [-0.2, -0.15) is 13.2 Å². The first-order valence-electron chi connectivity index (χ1n) is 11.8. The Morgan fingerprint density at radius 2 is 1.84 bits per heavy atom. The van der Waals surface area contributed by atoms with Gasteiger partial charge in [0.2, 0.25) is 5.91 Å². The number of nitrogens with zero attached hydrogens (tertiary/aromatic N) is 4. The van der Waals surface area contributed by atoms with Crippen molar-refractivity contribution in [2.45, 2.75) is 44.0 Å². The van der Waals surface area contributed by atoms with Gasteiger partial charge in [0.25, 0.3) is 5.56 Å². The van der Waals surface area contributed by atoms with Crippen LogP contribution in [0.1, 0.15) is 53.1 Å². The molecule has 3 aromatic rings. The van der Waals surface area contributed by atoms with E-state index in [2.05, 4.69) is 5.16 Å². The monoisotopic (exact) mass is 584 g/mol. The summed E-state index contributed by atoms with van der Waals surface area (Å²) in [6, 6.07) is 6.81. The van der Waals surface area contributed by atoms with Crippen molar-refractivity contribution in [2.24, 2.45) is 5.16 Å². The van der Waals surface area contributed by atoms with Gasteiger partial charge in [-0.25, -0.2) is 4.98 Å². The molecule has 2 aliphatic rings. The first kappa shape index (κ1) is 26.7. The fraction of sp³-hybridized carbons (Fsp3) is 0.360. The Balaban J connectivity index is 1.18. The fourth-order valence-corrected chi connectivity index (χ4v) is 6.19. The van der Waals surface area contributed by atoms with Gasteiger partial charge in [-0.15, -0.1) is 11.3 Å². The summed E-state index contributed by atoms with van der Waals surface area (Å²) >= 11 is 14.1. The van der Waals surface area contributed by atoms with Crippen LogP contribution in [0.25, 0.3) is 0 Å². The molecule has 0 radical (unpaired) electrons.